The molecule has 5 heterocycles. The molecule has 0 amide bonds. The van der Waals surface area contributed by atoms with E-state index in [1.807, 2.05) is 63.4 Å². The summed E-state index contributed by atoms with van der Waals surface area (Å²) in [6.07, 6.45) is 13.1. The average Bonchev–Trinajstić information content (AvgIpc) is 3.55. The van der Waals surface area contributed by atoms with Crippen molar-refractivity contribution in [3.05, 3.63) is 99.5 Å². The average molecular weight is 638 g/mol. The van der Waals surface area contributed by atoms with E-state index in [1.165, 1.54) is 4.68 Å². The highest BCUT2D eigenvalue weighted by molar-refractivity contribution is 5.78. The second-order valence-corrected chi connectivity index (χ2v) is 13.5. The van der Waals surface area contributed by atoms with E-state index in [-0.39, 0.29) is 24.0 Å². The van der Waals surface area contributed by atoms with Crippen LogP contribution in [0.1, 0.15) is 61.8 Å². The highest BCUT2D eigenvalue weighted by Crippen LogP contribution is 2.41. The molecule has 2 aliphatic carbocycles. The molecule has 0 radical (unpaired) electrons. The normalized spacial score (nSPS) is 21.8. The van der Waals surface area contributed by atoms with E-state index < -0.39 is 23.7 Å². The Balaban J connectivity index is 1.17. The van der Waals surface area contributed by atoms with E-state index in [0.29, 0.717) is 28.4 Å². The maximum Gasteiger partial charge on any atom is 0.274 e. The van der Waals surface area contributed by atoms with Crippen LogP contribution in [0.5, 0.6) is 0 Å². The molecule has 7 rings (SSSR count). The minimum atomic E-state index is -1.43. The third kappa shape index (κ3) is 6.16. The Kier molecular flexibility index (Phi) is 8.33. The fraction of sp³-hybridized carbons (Fsp3) is 0.400. The van der Waals surface area contributed by atoms with Gasteiger partial charge in [0.15, 0.2) is 5.65 Å². The number of imidazole rings is 1. The van der Waals surface area contributed by atoms with Gasteiger partial charge in [0.05, 0.1) is 35.8 Å². The summed E-state index contributed by atoms with van der Waals surface area (Å²) in [5.74, 6) is 0.105. The van der Waals surface area contributed by atoms with Gasteiger partial charge in [0, 0.05) is 69.2 Å². The van der Waals surface area contributed by atoms with E-state index in [2.05, 4.69) is 36.7 Å². The van der Waals surface area contributed by atoms with Crippen LogP contribution in [0.2, 0.25) is 0 Å². The predicted octanol–water partition coefficient (Wildman–Crippen LogP) is 4.48. The Bertz CT molecular complexity index is 1930. The van der Waals surface area contributed by atoms with Gasteiger partial charge in [0.2, 0.25) is 0 Å². The Hall–Kier alpha value is -4.52. The number of alkyl halides is 1. The van der Waals surface area contributed by atoms with Crippen molar-refractivity contribution in [2.24, 2.45) is 11.3 Å². The molecule has 244 valence electrons. The number of aliphatic hydroxyl groups excluding tert-OH is 1. The molecule has 3 atom stereocenters. The van der Waals surface area contributed by atoms with Crippen LogP contribution >= 0.6 is 0 Å². The van der Waals surface area contributed by atoms with Crippen LogP contribution < -0.4 is 16.2 Å². The van der Waals surface area contributed by atoms with Gasteiger partial charge in [-0.05, 0) is 28.7 Å². The van der Waals surface area contributed by atoms with E-state index in [9.17, 15) is 9.90 Å². The smallest absolute Gasteiger partial charge is 0.274 e. The van der Waals surface area contributed by atoms with E-state index >= 15 is 4.39 Å². The van der Waals surface area contributed by atoms with Crippen molar-refractivity contribution in [1.82, 2.24) is 39.6 Å². The van der Waals surface area contributed by atoms with Crippen LogP contribution in [0.15, 0.2) is 71.6 Å². The topological polar surface area (TPSA) is 126 Å². The second kappa shape index (κ2) is 12.6. The van der Waals surface area contributed by atoms with Crippen molar-refractivity contribution < 1.29 is 9.50 Å². The molecule has 4 aromatic heterocycles. The third-order valence-electron chi connectivity index (χ3n) is 9.31. The standard InChI is InChI=1S/C35H40FN9O2/c1-35(2,3)24-15-23-19-40-45(34(47)32(23)27(36)16-24)30-6-4-5-25(26(30)21-46)28-17-29(33-38-11-14-44(33)42-28)41-31-8-7-22(18-39-31)20-43-12-9-37-10-13-43/h4-8,11,14-15,17-19,26-27,30,37,46H,9-10,12-13,16,20-21H2,1-3H3,(H,39,41). The van der Waals surface area contributed by atoms with E-state index in [0.717, 1.165) is 49.4 Å². The lowest BCUT2D eigenvalue weighted by molar-refractivity contribution is 0.220. The molecule has 11 nitrogen and oxygen atoms in total. The fourth-order valence-electron chi connectivity index (χ4n) is 6.66. The largest absolute Gasteiger partial charge is 0.396 e. The zero-order chi connectivity index (χ0) is 32.7. The van der Waals surface area contributed by atoms with Crippen LogP contribution in [-0.4, -0.2) is 72.2 Å². The van der Waals surface area contributed by atoms with Crippen LogP contribution in [0.25, 0.3) is 17.3 Å². The van der Waals surface area contributed by atoms with Gasteiger partial charge in [-0.1, -0.05) is 56.7 Å². The summed E-state index contributed by atoms with van der Waals surface area (Å²) in [6.45, 7) is 10.7. The number of aromatic nitrogens is 6. The quantitative estimate of drug-likeness (QED) is 0.269. The number of fused-ring (bicyclic) bond motifs is 2. The number of piperazine rings is 1. The van der Waals surface area contributed by atoms with Gasteiger partial charge in [0.25, 0.3) is 5.56 Å². The first-order chi connectivity index (χ1) is 22.7. The summed E-state index contributed by atoms with van der Waals surface area (Å²) in [6, 6.07) is 5.27. The Morgan fingerprint density at radius 2 is 1.98 bits per heavy atom. The number of hydrogen-bond donors (Lipinski definition) is 3. The maximum absolute atomic E-state index is 15.6. The molecule has 1 fully saturated rings. The Morgan fingerprint density at radius 1 is 1.15 bits per heavy atom. The summed E-state index contributed by atoms with van der Waals surface area (Å²) in [5.41, 5.74) is 4.64. The minimum absolute atomic E-state index is 0.116. The van der Waals surface area contributed by atoms with Gasteiger partial charge < -0.3 is 15.7 Å². The molecule has 12 heteroatoms. The van der Waals surface area contributed by atoms with E-state index in [4.69, 9.17) is 5.10 Å². The van der Waals surface area contributed by atoms with Crippen molar-refractivity contribution >= 4 is 28.8 Å². The first-order valence-corrected chi connectivity index (χ1v) is 16.2. The third-order valence-corrected chi connectivity index (χ3v) is 9.31. The molecule has 1 aliphatic heterocycles. The van der Waals surface area contributed by atoms with Gasteiger partial charge in [-0.25, -0.2) is 23.6 Å². The number of halogens is 1. The van der Waals surface area contributed by atoms with Crippen LogP contribution in [-0.2, 0) is 6.54 Å². The molecule has 3 N–H and O–H groups in total. The molecule has 0 aromatic carbocycles. The highest BCUT2D eigenvalue weighted by Gasteiger charge is 2.34. The van der Waals surface area contributed by atoms with Crippen LogP contribution in [0, 0.1) is 11.3 Å². The molecule has 3 unspecified atom stereocenters. The minimum Gasteiger partial charge on any atom is -0.396 e. The molecular weight excluding hydrogens is 597 g/mol. The molecule has 47 heavy (non-hydrogen) atoms. The Labute approximate surface area is 272 Å². The van der Waals surface area contributed by atoms with Crippen molar-refractivity contribution in [2.45, 2.75) is 46.0 Å². The van der Waals surface area contributed by atoms with Crippen molar-refractivity contribution in [3.8, 4) is 0 Å². The van der Waals surface area contributed by atoms with Gasteiger partial charge >= 0.3 is 0 Å². The molecule has 3 aliphatic rings. The molecule has 0 spiro atoms. The van der Waals surface area contributed by atoms with Gasteiger partial charge in [-0.2, -0.15) is 10.2 Å². The van der Waals surface area contributed by atoms with Crippen molar-refractivity contribution in [3.63, 3.8) is 0 Å². The van der Waals surface area contributed by atoms with Crippen molar-refractivity contribution in [2.75, 3.05) is 38.1 Å². The molecule has 4 aromatic rings. The van der Waals surface area contributed by atoms with Gasteiger partial charge in [0.1, 0.15) is 12.0 Å². The first-order valence-electron chi connectivity index (χ1n) is 16.2. The fourth-order valence-corrected chi connectivity index (χ4v) is 6.66. The van der Waals surface area contributed by atoms with Crippen LogP contribution in [0.3, 0.4) is 0 Å². The number of hydrogen-bond acceptors (Lipinski definition) is 9. The van der Waals surface area contributed by atoms with Gasteiger partial charge in [-0.3, -0.25) is 9.69 Å². The Morgan fingerprint density at radius 3 is 2.72 bits per heavy atom. The molecular formula is C35H40FN9O2. The second-order valence-electron chi connectivity index (χ2n) is 13.5. The summed E-state index contributed by atoms with van der Waals surface area (Å²) >= 11 is 0. The number of nitrogens with one attached hydrogen (secondary N) is 2. The summed E-state index contributed by atoms with van der Waals surface area (Å²) in [4.78, 5) is 25.3. The zero-order valence-corrected chi connectivity index (χ0v) is 26.9. The zero-order valence-electron chi connectivity index (χ0n) is 26.9. The predicted molar refractivity (Wildman–Crippen MR) is 180 cm³/mol. The molecule has 1 saturated heterocycles. The lowest BCUT2D eigenvalue weighted by Crippen LogP contribution is -2.42. The summed E-state index contributed by atoms with van der Waals surface area (Å²) in [5, 5.41) is 26.8. The lowest BCUT2D eigenvalue weighted by Gasteiger charge is -2.31. The van der Waals surface area contributed by atoms with E-state index in [1.54, 1.807) is 23.1 Å². The van der Waals surface area contributed by atoms with Gasteiger partial charge in [-0.15, -0.1) is 0 Å². The SMILES string of the molecule is CC(C)(C)C1=Cc2cnn(C3C=CC=C(c4cc(Nc5ccc(CN6CCNCC6)cn5)c5nccn5n4)C3CO)c(=O)c2C(F)C1. The number of rotatable bonds is 7. The number of nitrogens with zero attached hydrogens (tertiary/aromatic N) is 7. The van der Waals surface area contributed by atoms with Crippen LogP contribution in [0.4, 0.5) is 15.9 Å². The van der Waals surface area contributed by atoms with Crippen molar-refractivity contribution in [1.29, 1.82) is 0 Å². The number of anilines is 2. The first kappa shape index (κ1) is 31.1. The summed E-state index contributed by atoms with van der Waals surface area (Å²) < 4.78 is 18.5. The molecule has 0 bridgehead atoms. The monoisotopic (exact) mass is 637 g/mol. The number of pyridine rings is 1. The number of aliphatic hydroxyl groups is 1. The summed E-state index contributed by atoms with van der Waals surface area (Å²) in [7, 11) is 0. The highest BCUT2D eigenvalue weighted by atomic mass is 19.1. The lowest BCUT2D eigenvalue weighted by atomic mass is 9.78. The maximum atomic E-state index is 15.6. The number of allylic oxidation sites excluding steroid dienone is 4. The molecule has 0 saturated carbocycles.